The van der Waals surface area contributed by atoms with Gasteiger partial charge in [0.05, 0.1) is 13.2 Å². The lowest BCUT2D eigenvalue weighted by Crippen LogP contribution is -2.36. The number of benzene rings is 2. The van der Waals surface area contributed by atoms with Crippen LogP contribution in [0.5, 0.6) is 5.75 Å². The number of nitrogens with one attached hydrogen (secondary N) is 1. The van der Waals surface area contributed by atoms with Crippen molar-refractivity contribution < 1.29 is 17.9 Å². The van der Waals surface area contributed by atoms with Gasteiger partial charge < -0.3 is 14.4 Å². The van der Waals surface area contributed by atoms with Crippen LogP contribution in [-0.2, 0) is 14.8 Å². The summed E-state index contributed by atoms with van der Waals surface area (Å²) >= 11 is 0. The second-order valence-corrected chi connectivity index (χ2v) is 7.57. The Morgan fingerprint density at radius 3 is 2.36 bits per heavy atom. The van der Waals surface area contributed by atoms with Crippen LogP contribution in [0.15, 0.2) is 54.6 Å². The Bertz CT molecular complexity index is 757. The van der Waals surface area contributed by atoms with Crippen molar-refractivity contribution in [1.82, 2.24) is 0 Å². The predicted molar refractivity (Wildman–Crippen MR) is 98.8 cm³/mol. The smallest absolute Gasteiger partial charge is 0.236 e. The minimum Gasteiger partial charge on any atom is -0.492 e. The maximum atomic E-state index is 12.2. The number of para-hydroxylation sites is 1. The van der Waals surface area contributed by atoms with Crippen LogP contribution < -0.4 is 14.4 Å². The lowest BCUT2D eigenvalue weighted by molar-refractivity contribution is 0.122. The second kappa shape index (κ2) is 8.22. The van der Waals surface area contributed by atoms with Crippen LogP contribution in [0.25, 0.3) is 0 Å². The van der Waals surface area contributed by atoms with Gasteiger partial charge in [0.2, 0.25) is 10.0 Å². The van der Waals surface area contributed by atoms with E-state index in [0.29, 0.717) is 11.4 Å². The average molecular weight is 362 g/mol. The zero-order valence-corrected chi connectivity index (χ0v) is 14.7. The third kappa shape index (κ3) is 5.37. The van der Waals surface area contributed by atoms with Crippen molar-refractivity contribution in [1.29, 1.82) is 0 Å². The van der Waals surface area contributed by atoms with Gasteiger partial charge in [0, 0.05) is 24.5 Å². The first-order valence-corrected chi connectivity index (χ1v) is 9.89. The molecule has 0 atom stereocenters. The summed E-state index contributed by atoms with van der Waals surface area (Å²) in [5, 5.41) is 0. The molecule has 1 aliphatic rings. The standard InChI is InChI=1S/C18H22N2O4S/c21-25(22,15-14-24-18-4-2-1-3-5-18)19-16-6-8-17(9-7-16)20-10-12-23-13-11-20/h1-9,19H,10-15H2. The molecule has 0 aromatic heterocycles. The largest absolute Gasteiger partial charge is 0.492 e. The van der Waals surface area contributed by atoms with Gasteiger partial charge in [0.25, 0.3) is 0 Å². The average Bonchev–Trinajstić information content (AvgIpc) is 2.63. The summed E-state index contributed by atoms with van der Waals surface area (Å²) in [5.41, 5.74) is 1.62. The lowest BCUT2D eigenvalue weighted by atomic mass is 10.2. The SMILES string of the molecule is O=S(=O)(CCOc1ccccc1)Nc1ccc(N2CCOCC2)cc1. The maximum Gasteiger partial charge on any atom is 0.236 e. The van der Waals surface area contributed by atoms with Gasteiger partial charge in [-0.3, -0.25) is 4.72 Å². The molecule has 0 bridgehead atoms. The topological polar surface area (TPSA) is 67.9 Å². The van der Waals surface area contributed by atoms with E-state index in [4.69, 9.17) is 9.47 Å². The van der Waals surface area contributed by atoms with Crippen molar-refractivity contribution in [3.05, 3.63) is 54.6 Å². The molecule has 6 nitrogen and oxygen atoms in total. The molecule has 0 saturated carbocycles. The lowest BCUT2D eigenvalue weighted by Gasteiger charge is -2.28. The van der Waals surface area contributed by atoms with E-state index in [1.54, 1.807) is 24.3 Å². The molecule has 1 fully saturated rings. The van der Waals surface area contributed by atoms with E-state index in [-0.39, 0.29) is 12.4 Å². The van der Waals surface area contributed by atoms with Gasteiger partial charge in [0.1, 0.15) is 18.1 Å². The molecule has 134 valence electrons. The highest BCUT2D eigenvalue weighted by molar-refractivity contribution is 7.92. The normalized spacial score (nSPS) is 15.0. The molecule has 25 heavy (non-hydrogen) atoms. The molecule has 3 rings (SSSR count). The number of rotatable bonds is 7. The summed E-state index contributed by atoms with van der Waals surface area (Å²) in [4.78, 5) is 2.22. The summed E-state index contributed by atoms with van der Waals surface area (Å²) in [6.07, 6.45) is 0. The first-order chi connectivity index (χ1) is 12.1. The van der Waals surface area contributed by atoms with Crippen molar-refractivity contribution in [2.24, 2.45) is 0 Å². The van der Waals surface area contributed by atoms with Gasteiger partial charge in [-0.1, -0.05) is 18.2 Å². The van der Waals surface area contributed by atoms with E-state index in [9.17, 15) is 8.42 Å². The number of morpholine rings is 1. The van der Waals surface area contributed by atoms with E-state index in [2.05, 4.69) is 9.62 Å². The van der Waals surface area contributed by atoms with Crippen molar-refractivity contribution in [2.75, 3.05) is 48.3 Å². The highest BCUT2D eigenvalue weighted by Gasteiger charge is 2.13. The van der Waals surface area contributed by atoms with E-state index < -0.39 is 10.0 Å². The monoisotopic (exact) mass is 362 g/mol. The van der Waals surface area contributed by atoms with E-state index in [1.165, 1.54) is 0 Å². The molecule has 7 heteroatoms. The fraction of sp³-hybridized carbons (Fsp3) is 0.333. The molecule has 1 saturated heterocycles. The van der Waals surface area contributed by atoms with Crippen molar-refractivity contribution in [3.63, 3.8) is 0 Å². The molecule has 0 radical (unpaired) electrons. The van der Waals surface area contributed by atoms with Crippen LogP contribution in [0.3, 0.4) is 0 Å². The Labute approximate surface area is 148 Å². The summed E-state index contributed by atoms with van der Waals surface area (Å²) in [6.45, 7) is 3.24. The van der Waals surface area contributed by atoms with Crippen LogP contribution >= 0.6 is 0 Å². The Hall–Kier alpha value is -2.25. The Kier molecular flexibility index (Phi) is 5.78. The molecule has 0 spiro atoms. The number of sulfonamides is 1. The molecule has 2 aromatic rings. The quantitative estimate of drug-likeness (QED) is 0.819. The van der Waals surface area contributed by atoms with Gasteiger partial charge >= 0.3 is 0 Å². The van der Waals surface area contributed by atoms with Crippen LogP contribution in [0, 0.1) is 0 Å². The summed E-state index contributed by atoms with van der Waals surface area (Å²) in [6, 6.07) is 16.6. The van der Waals surface area contributed by atoms with Crippen LogP contribution in [0.1, 0.15) is 0 Å². The summed E-state index contributed by atoms with van der Waals surface area (Å²) < 4.78 is 37.7. The highest BCUT2D eigenvalue weighted by Crippen LogP contribution is 2.19. The van der Waals surface area contributed by atoms with E-state index in [0.717, 1.165) is 32.0 Å². The second-order valence-electron chi connectivity index (χ2n) is 5.73. The van der Waals surface area contributed by atoms with Gasteiger partial charge in [0.15, 0.2) is 0 Å². The molecule has 0 unspecified atom stereocenters. The number of anilines is 2. The summed E-state index contributed by atoms with van der Waals surface area (Å²) in [5.74, 6) is 0.556. The molecule has 0 amide bonds. The van der Waals surface area contributed by atoms with E-state index >= 15 is 0 Å². The third-order valence-electron chi connectivity index (χ3n) is 3.88. The maximum absolute atomic E-state index is 12.2. The van der Waals surface area contributed by atoms with Crippen molar-refractivity contribution in [3.8, 4) is 5.75 Å². The number of ether oxygens (including phenoxy) is 2. The van der Waals surface area contributed by atoms with Crippen molar-refractivity contribution >= 4 is 21.4 Å². The van der Waals surface area contributed by atoms with Crippen LogP contribution in [-0.4, -0.2) is 47.1 Å². The molecular formula is C18H22N2O4S. The zero-order valence-electron chi connectivity index (χ0n) is 13.9. The molecular weight excluding hydrogens is 340 g/mol. The van der Waals surface area contributed by atoms with Gasteiger partial charge in [-0.25, -0.2) is 8.42 Å². The number of hydrogen-bond donors (Lipinski definition) is 1. The van der Waals surface area contributed by atoms with Gasteiger partial charge in [-0.15, -0.1) is 0 Å². The first kappa shape index (κ1) is 17.6. The molecule has 1 heterocycles. The molecule has 1 N–H and O–H groups in total. The fourth-order valence-corrected chi connectivity index (χ4v) is 3.48. The van der Waals surface area contributed by atoms with Gasteiger partial charge in [-0.2, -0.15) is 0 Å². The predicted octanol–water partition coefficient (Wildman–Crippen LogP) is 2.34. The summed E-state index contributed by atoms with van der Waals surface area (Å²) in [7, 11) is -3.45. The third-order valence-corrected chi connectivity index (χ3v) is 5.13. The Morgan fingerprint density at radius 2 is 1.68 bits per heavy atom. The van der Waals surface area contributed by atoms with Gasteiger partial charge in [-0.05, 0) is 36.4 Å². The van der Waals surface area contributed by atoms with Crippen LogP contribution in [0.4, 0.5) is 11.4 Å². The minimum atomic E-state index is -3.45. The molecule has 2 aromatic carbocycles. The van der Waals surface area contributed by atoms with Crippen LogP contribution in [0.2, 0.25) is 0 Å². The minimum absolute atomic E-state index is 0.102. The Balaban J connectivity index is 1.51. The highest BCUT2D eigenvalue weighted by atomic mass is 32.2. The zero-order chi connectivity index (χ0) is 17.5. The molecule has 0 aliphatic carbocycles. The Morgan fingerprint density at radius 1 is 1.00 bits per heavy atom. The number of hydrogen-bond acceptors (Lipinski definition) is 5. The first-order valence-electron chi connectivity index (χ1n) is 8.23. The fourth-order valence-electron chi connectivity index (χ4n) is 2.58. The van der Waals surface area contributed by atoms with E-state index in [1.807, 2.05) is 30.3 Å². The van der Waals surface area contributed by atoms with Crippen molar-refractivity contribution in [2.45, 2.75) is 0 Å². The molecule has 1 aliphatic heterocycles. The number of nitrogens with zero attached hydrogens (tertiary/aromatic N) is 1.